The third kappa shape index (κ3) is 5.55. The number of rotatable bonds is 7. The Morgan fingerprint density at radius 3 is 1.45 bits per heavy atom. The summed E-state index contributed by atoms with van der Waals surface area (Å²) < 4.78 is 2.44. The van der Waals surface area contributed by atoms with E-state index in [0.29, 0.717) is 0 Å². The van der Waals surface area contributed by atoms with Gasteiger partial charge < -0.3 is 9.47 Å². The average molecular weight is 843 g/mol. The number of aromatic nitrogens is 1. The molecule has 2 aliphatic carbocycles. The van der Waals surface area contributed by atoms with Crippen LogP contribution in [0.4, 0.5) is 17.1 Å². The molecule has 0 unspecified atom stereocenters. The molecule has 1 aromatic heterocycles. The SMILES string of the molecule is CC1(C)c2ccccc2-c2ccc(N(c3ccc(-c4ccccc4)cc3)c3ccc4c(c3)C(c3ccccc3)(c3ccccc3)c3ccc(-n5c6ccccc6c6ccccc65)cc3-4)cc21. The maximum atomic E-state index is 2.49. The monoisotopic (exact) mass is 842 g/mol. The largest absolute Gasteiger partial charge is 0.310 e. The van der Waals surface area contributed by atoms with Gasteiger partial charge in [0.05, 0.1) is 16.4 Å². The molecule has 13 rings (SSSR count). The highest BCUT2D eigenvalue weighted by Crippen LogP contribution is 2.58. The standard InChI is InChI=1S/C64H46N2/c1-63(2)57-27-15-12-24-51(57)52-37-34-49(41-59(52)63)65(47-32-30-44(31-33-47)43-18-6-3-7-19-43)50-35-38-53-56-40-48(66-61-28-16-13-25-54(61)55-26-14-17-29-62(55)66)36-39-58(56)64(60(53)42-50,45-20-8-4-9-21-45)46-22-10-5-11-23-46/h3-42H,1-2H3. The zero-order chi connectivity index (χ0) is 44.0. The minimum absolute atomic E-state index is 0.145. The van der Waals surface area contributed by atoms with Gasteiger partial charge in [-0.05, 0) is 127 Å². The van der Waals surface area contributed by atoms with Crippen molar-refractivity contribution in [2.45, 2.75) is 24.7 Å². The van der Waals surface area contributed by atoms with Crippen LogP contribution in [-0.4, -0.2) is 4.57 Å². The number of para-hydroxylation sites is 2. The predicted molar refractivity (Wildman–Crippen MR) is 276 cm³/mol. The van der Waals surface area contributed by atoms with Crippen LogP contribution in [0, 0.1) is 0 Å². The van der Waals surface area contributed by atoms with E-state index in [4.69, 9.17) is 0 Å². The molecule has 2 nitrogen and oxygen atoms in total. The van der Waals surface area contributed by atoms with Gasteiger partial charge in [0.1, 0.15) is 0 Å². The minimum atomic E-state index is -0.590. The summed E-state index contributed by atoms with van der Waals surface area (Å²) in [4.78, 5) is 2.47. The molecule has 312 valence electrons. The van der Waals surface area contributed by atoms with Gasteiger partial charge in [0, 0.05) is 38.9 Å². The molecule has 0 radical (unpaired) electrons. The van der Waals surface area contributed by atoms with Gasteiger partial charge in [-0.15, -0.1) is 0 Å². The molecule has 0 saturated heterocycles. The first-order valence-corrected chi connectivity index (χ1v) is 23.1. The van der Waals surface area contributed by atoms with Crippen LogP contribution in [0.3, 0.4) is 0 Å². The molecule has 66 heavy (non-hydrogen) atoms. The molecule has 0 saturated carbocycles. The Labute approximate surface area is 386 Å². The molecule has 1 heterocycles. The molecular formula is C64H46N2. The van der Waals surface area contributed by atoms with Gasteiger partial charge in [-0.1, -0.05) is 196 Å². The van der Waals surface area contributed by atoms with Gasteiger partial charge in [-0.3, -0.25) is 0 Å². The van der Waals surface area contributed by atoms with Gasteiger partial charge >= 0.3 is 0 Å². The van der Waals surface area contributed by atoms with Crippen molar-refractivity contribution in [1.29, 1.82) is 0 Å². The molecule has 0 atom stereocenters. The van der Waals surface area contributed by atoms with Crippen LogP contribution in [0.25, 0.3) is 60.9 Å². The van der Waals surface area contributed by atoms with Crippen molar-refractivity contribution < 1.29 is 0 Å². The Morgan fingerprint density at radius 2 is 0.818 bits per heavy atom. The van der Waals surface area contributed by atoms with E-state index in [1.165, 1.54) is 88.6 Å². The van der Waals surface area contributed by atoms with E-state index < -0.39 is 5.41 Å². The van der Waals surface area contributed by atoms with Crippen LogP contribution in [0.5, 0.6) is 0 Å². The van der Waals surface area contributed by atoms with Gasteiger partial charge in [0.15, 0.2) is 0 Å². The second-order valence-electron chi connectivity index (χ2n) is 18.5. The zero-order valence-electron chi connectivity index (χ0n) is 37.0. The fourth-order valence-electron chi connectivity index (χ4n) is 11.7. The lowest BCUT2D eigenvalue weighted by Crippen LogP contribution is -2.28. The van der Waals surface area contributed by atoms with Gasteiger partial charge in [0.2, 0.25) is 0 Å². The van der Waals surface area contributed by atoms with E-state index in [0.717, 1.165) is 22.7 Å². The molecule has 2 heteroatoms. The van der Waals surface area contributed by atoms with Crippen LogP contribution >= 0.6 is 0 Å². The Balaban J connectivity index is 1.06. The molecule has 11 aromatic rings. The molecule has 2 aliphatic rings. The Morgan fingerprint density at radius 1 is 0.333 bits per heavy atom. The van der Waals surface area contributed by atoms with E-state index >= 15 is 0 Å². The first kappa shape index (κ1) is 38.3. The topological polar surface area (TPSA) is 8.17 Å². The Hall–Kier alpha value is -8.20. The van der Waals surface area contributed by atoms with Crippen molar-refractivity contribution >= 4 is 38.9 Å². The van der Waals surface area contributed by atoms with Gasteiger partial charge in [-0.2, -0.15) is 0 Å². The second kappa shape index (κ2) is 14.7. The van der Waals surface area contributed by atoms with E-state index in [2.05, 4.69) is 266 Å². The van der Waals surface area contributed by atoms with E-state index in [9.17, 15) is 0 Å². The lowest BCUT2D eigenvalue weighted by Gasteiger charge is -2.35. The summed E-state index contributed by atoms with van der Waals surface area (Å²) in [6.45, 7) is 4.74. The van der Waals surface area contributed by atoms with Crippen LogP contribution < -0.4 is 4.90 Å². The first-order valence-electron chi connectivity index (χ1n) is 23.1. The highest BCUT2D eigenvalue weighted by atomic mass is 15.1. The molecule has 0 bridgehead atoms. The number of nitrogens with zero attached hydrogens (tertiary/aromatic N) is 2. The lowest BCUT2D eigenvalue weighted by molar-refractivity contribution is 0.660. The van der Waals surface area contributed by atoms with E-state index in [1.807, 2.05) is 0 Å². The molecule has 0 aliphatic heterocycles. The first-order chi connectivity index (χ1) is 32.5. The number of hydrogen-bond donors (Lipinski definition) is 0. The van der Waals surface area contributed by atoms with Crippen molar-refractivity contribution in [1.82, 2.24) is 4.57 Å². The Bertz CT molecular complexity index is 3560. The Kier molecular flexibility index (Phi) is 8.51. The van der Waals surface area contributed by atoms with Gasteiger partial charge in [0.25, 0.3) is 0 Å². The number of anilines is 3. The molecule has 0 fully saturated rings. The van der Waals surface area contributed by atoms with Crippen LogP contribution in [-0.2, 0) is 10.8 Å². The summed E-state index contributed by atoms with van der Waals surface area (Å²) in [6, 6.07) is 90.2. The summed E-state index contributed by atoms with van der Waals surface area (Å²) in [5.41, 5.74) is 21.5. The third-order valence-electron chi connectivity index (χ3n) is 14.7. The maximum Gasteiger partial charge on any atom is 0.0714 e. The number of hydrogen-bond acceptors (Lipinski definition) is 1. The summed E-state index contributed by atoms with van der Waals surface area (Å²) in [7, 11) is 0. The molecule has 0 amide bonds. The van der Waals surface area contributed by atoms with Crippen molar-refractivity contribution in [2.24, 2.45) is 0 Å². The van der Waals surface area contributed by atoms with Crippen molar-refractivity contribution in [3.05, 3.63) is 276 Å². The van der Waals surface area contributed by atoms with E-state index in [-0.39, 0.29) is 5.41 Å². The summed E-state index contributed by atoms with van der Waals surface area (Å²) in [6.07, 6.45) is 0. The van der Waals surface area contributed by atoms with Crippen molar-refractivity contribution in [3.63, 3.8) is 0 Å². The zero-order valence-corrected chi connectivity index (χ0v) is 37.0. The number of fused-ring (bicyclic) bond motifs is 9. The molecule has 10 aromatic carbocycles. The van der Waals surface area contributed by atoms with E-state index in [1.54, 1.807) is 0 Å². The lowest BCUT2D eigenvalue weighted by atomic mass is 9.67. The fraction of sp³-hybridized carbons (Fsp3) is 0.0625. The average Bonchev–Trinajstić information content (AvgIpc) is 3.95. The molecule has 0 spiro atoms. The smallest absolute Gasteiger partial charge is 0.0714 e. The van der Waals surface area contributed by atoms with Crippen molar-refractivity contribution in [3.8, 4) is 39.1 Å². The highest BCUT2D eigenvalue weighted by Gasteiger charge is 2.47. The summed E-state index contributed by atoms with van der Waals surface area (Å²) in [5, 5.41) is 2.52. The van der Waals surface area contributed by atoms with Crippen LogP contribution in [0.1, 0.15) is 47.2 Å². The fourth-order valence-corrected chi connectivity index (χ4v) is 11.7. The minimum Gasteiger partial charge on any atom is -0.310 e. The summed E-state index contributed by atoms with van der Waals surface area (Å²) >= 11 is 0. The second-order valence-corrected chi connectivity index (χ2v) is 18.5. The quantitative estimate of drug-likeness (QED) is 0.155. The van der Waals surface area contributed by atoms with Crippen LogP contribution in [0.2, 0.25) is 0 Å². The highest BCUT2D eigenvalue weighted by molar-refractivity contribution is 6.09. The van der Waals surface area contributed by atoms with Crippen LogP contribution in [0.15, 0.2) is 243 Å². The normalized spacial score (nSPS) is 13.8. The third-order valence-corrected chi connectivity index (χ3v) is 14.7. The van der Waals surface area contributed by atoms with Gasteiger partial charge in [-0.25, -0.2) is 0 Å². The maximum absolute atomic E-state index is 2.49. The number of benzene rings is 10. The molecule has 0 N–H and O–H groups in total. The molecular weight excluding hydrogens is 797 g/mol. The predicted octanol–water partition coefficient (Wildman–Crippen LogP) is 16.6. The van der Waals surface area contributed by atoms with Crippen molar-refractivity contribution in [2.75, 3.05) is 4.90 Å². The summed E-state index contributed by atoms with van der Waals surface area (Å²) in [5.74, 6) is 0.